The van der Waals surface area contributed by atoms with Crippen LogP contribution in [0, 0.1) is 6.92 Å². The van der Waals surface area contributed by atoms with Crippen LogP contribution in [-0.4, -0.2) is 59.3 Å². The largest absolute Gasteiger partial charge is 0.367 e. The highest BCUT2D eigenvalue weighted by molar-refractivity contribution is 7.91. The monoisotopic (exact) mass is 380 g/mol. The van der Waals surface area contributed by atoms with E-state index in [1.807, 2.05) is 6.92 Å². The van der Waals surface area contributed by atoms with Crippen LogP contribution in [0.15, 0.2) is 6.07 Å². The average molecular weight is 381 g/mol. The second-order valence-electron chi connectivity index (χ2n) is 7.31. The molecule has 1 saturated carbocycles. The summed E-state index contributed by atoms with van der Waals surface area (Å²) in [5.41, 5.74) is 0.335. The highest BCUT2D eigenvalue weighted by atomic mass is 32.2. The smallest absolute Gasteiger partial charge is 0.272 e. The van der Waals surface area contributed by atoms with Crippen molar-refractivity contribution in [3.05, 3.63) is 17.6 Å². The Kier molecular flexibility index (Phi) is 5.79. The van der Waals surface area contributed by atoms with Gasteiger partial charge in [-0.3, -0.25) is 4.79 Å². The Morgan fingerprint density at radius 1 is 1.23 bits per heavy atom. The number of hydrogen-bond donors (Lipinski definition) is 1. The third kappa shape index (κ3) is 4.52. The molecule has 1 aliphatic heterocycles. The molecule has 2 heterocycles. The zero-order chi connectivity index (χ0) is 18.7. The Morgan fingerprint density at radius 3 is 2.58 bits per heavy atom. The number of hydrogen-bond acceptors (Lipinski definition) is 6. The normalized spacial score (nSPS) is 22.9. The number of nitrogens with one attached hydrogen (secondary N) is 1. The molecule has 0 spiro atoms. The third-order valence-corrected chi connectivity index (χ3v) is 7.02. The Morgan fingerprint density at radius 2 is 1.96 bits per heavy atom. The van der Waals surface area contributed by atoms with Crippen LogP contribution in [0.5, 0.6) is 0 Å². The van der Waals surface area contributed by atoms with Crippen LogP contribution in [0.4, 0.5) is 5.82 Å². The summed E-state index contributed by atoms with van der Waals surface area (Å²) >= 11 is 0. The van der Waals surface area contributed by atoms with Crippen LogP contribution in [0.3, 0.4) is 0 Å². The molecule has 1 aromatic heterocycles. The van der Waals surface area contributed by atoms with Crippen molar-refractivity contribution < 1.29 is 13.2 Å². The van der Waals surface area contributed by atoms with Crippen molar-refractivity contribution in [2.24, 2.45) is 0 Å². The van der Waals surface area contributed by atoms with Crippen molar-refractivity contribution in [1.82, 2.24) is 14.9 Å². The van der Waals surface area contributed by atoms with Gasteiger partial charge in [-0.2, -0.15) is 0 Å². The van der Waals surface area contributed by atoms with Crippen LogP contribution < -0.4 is 5.32 Å². The minimum absolute atomic E-state index is 0.0455. The van der Waals surface area contributed by atoms with E-state index in [1.54, 1.807) is 17.9 Å². The van der Waals surface area contributed by atoms with Gasteiger partial charge in [-0.05, 0) is 33.1 Å². The fourth-order valence-corrected chi connectivity index (χ4v) is 5.67. The molecule has 1 saturated heterocycles. The first-order valence-electron chi connectivity index (χ1n) is 9.51. The summed E-state index contributed by atoms with van der Waals surface area (Å²) in [5.74, 6) is 1.21. The first-order valence-corrected chi connectivity index (χ1v) is 11.3. The van der Waals surface area contributed by atoms with Gasteiger partial charge in [0.1, 0.15) is 17.3 Å². The van der Waals surface area contributed by atoms with Crippen molar-refractivity contribution in [3.63, 3.8) is 0 Å². The number of aryl methyl sites for hydroxylation is 1. The van der Waals surface area contributed by atoms with Crippen LogP contribution in [0.25, 0.3) is 0 Å². The summed E-state index contributed by atoms with van der Waals surface area (Å²) < 4.78 is 23.6. The summed E-state index contributed by atoms with van der Waals surface area (Å²) in [5, 5.41) is 3.44. The third-order valence-electron chi connectivity index (χ3n) is 5.26. The lowest BCUT2D eigenvalue weighted by molar-refractivity contribution is 0.0702. The summed E-state index contributed by atoms with van der Waals surface area (Å²) in [6.45, 7) is 4.12. The van der Waals surface area contributed by atoms with Crippen LogP contribution in [0.1, 0.15) is 61.8 Å². The first kappa shape index (κ1) is 19.1. The summed E-state index contributed by atoms with van der Waals surface area (Å²) in [7, 11) is -3.04. The lowest BCUT2D eigenvalue weighted by Gasteiger charge is -2.27. The van der Waals surface area contributed by atoms with Crippen molar-refractivity contribution >= 4 is 21.6 Å². The number of nitrogens with zero attached hydrogens (tertiary/aromatic N) is 3. The van der Waals surface area contributed by atoms with E-state index in [9.17, 15) is 13.2 Å². The molecule has 1 amide bonds. The van der Waals surface area contributed by atoms with Gasteiger partial charge in [0.25, 0.3) is 5.91 Å². The molecule has 7 nitrogen and oxygen atoms in total. The number of aromatic nitrogens is 2. The maximum atomic E-state index is 13.0. The number of rotatable bonds is 5. The molecule has 3 rings (SSSR count). The molecule has 1 atom stereocenters. The summed E-state index contributed by atoms with van der Waals surface area (Å²) in [6.07, 6.45) is 6.45. The lowest BCUT2D eigenvalue weighted by Crippen LogP contribution is -2.41. The number of anilines is 1. The predicted octanol–water partition coefficient (Wildman–Crippen LogP) is 2.18. The molecule has 144 valence electrons. The highest BCUT2D eigenvalue weighted by Crippen LogP contribution is 2.23. The first-order chi connectivity index (χ1) is 12.4. The van der Waals surface area contributed by atoms with Crippen molar-refractivity contribution in [2.45, 2.75) is 64.5 Å². The summed E-state index contributed by atoms with van der Waals surface area (Å²) in [6, 6.07) is 1.83. The van der Waals surface area contributed by atoms with E-state index in [1.165, 1.54) is 19.3 Å². The molecule has 2 aliphatic rings. The molecule has 2 fully saturated rings. The van der Waals surface area contributed by atoms with Gasteiger partial charge in [-0.25, -0.2) is 18.4 Å². The SMILES string of the molecule is CCN(C(=O)c1cc(NC2CCCCC2)nc(C)n1)C1CCS(=O)(=O)C1. The van der Waals surface area contributed by atoms with E-state index < -0.39 is 9.84 Å². The second-order valence-corrected chi connectivity index (χ2v) is 9.54. The zero-order valence-corrected chi connectivity index (χ0v) is 16.4. The van der Waals surface area contributed by atoms with E-state index >= 15 is 0 Å². The van der Waals surface area contributed by atoms with Crippen LogP contribution in [-0.2, 0) is 9.84 Å². The number of amides is 1. The Bertz CT molecular complexity index is 760. The van der Waals surface area contributed by atoms with Crippen molar-refractivity contribution in [1.29, 1.82) is 0 Å². The van der Waals surface area contributed by atoms with Gasteiger partial charge < -0.3 is 10.2 Å². The molecule has 0 radical (unpaired) electrons. The molecular formula is C18H28N4O3S. The lowest BCUT2D eigenvalue weighted by atomic mass is 9.95. The molecule has 1 aromatic rings. The quantitative estimate of drug-likeness (QED) is 0.842. The predicted molar refractivity (Wildman–Crippen MR) is 101 cm³/mol. The van der Waals surface area contributed by atoms with Crippen LogP contribution in [0.2, 0.25) is 0 Å². The average Bonchev–Trinajstić information content (AvgIpc) is 2.95. The molecule has 1 N–H and O–H groups in total. The fraction of sp³-hybridized carbons (Fsp3) is 0.722. The molecule has 1 unspecified atom stereocenters. The minimum atomic E-state index is -3.04. The molecule has 26 heavy (non-hydrogen) atoms. The highest BCUT2D eigenvalue weighted by Gasteiger charge is 2.34. The minimum Gasteiger partial charge on any atom is -0.367 e. The molecule has 1 aliphatic carbocycles. The number of sulfone groups is 1. The van der Waals surface area contributed by atoms with Crippen molar-refractivity contribution in [3.8, 4) is 0 Å². The fourth-order valence-electron chi connectivity index (χ4n) is 3.94. The van der Waals surface area contributed by atoms with E-state index in [4.69, 9.17) is 0 Å². The Labute approximate surface area is 155 Å². The maximum Gasteiger partial charge on any atom is 0.272 e. The van der Waals surface area contributed by atoms with Gasteiger partial charge in [-0.1, -0.05) is 19.3 Å². The Balaban J connectivity index is 1.77. The van der Waals surface area contributed by atoms with Crippen LogP contribution >= 0.6 is 0 Å². The molecule has 0 aromatic carbocycles. The zero-order valence-electron chi connectivity index (χ0n) is 15.6. The molecule has 8 heteroatoms. The van der Waals surface area contributed by atoms with Gasteiger partial charge >= 0.3 is 0 Å². The van der Waals surface area contributed by atoms with Gasteiger partial charge in [0.15, 0.2) is 9.84 Å². The summed E-state index contributed by atoms with van der Waals surface area (Å²) in [4.78, 5) is 23.4. The molecular weight excluding hydrogens is 352 g/mol. The van der Waals surface area contributed by atoms with E-state index in [-0.39, 0.29) is 23.5 Å². The number of carbonyl (C=O) groups is 1. The topological polar surface area (TPSA) is 92.3 Å². The maximum absolute atomic E-state index is 13.0. The van der Waals surface area contributed by atoms with E-state index in [0.717, 1.165) is 12.8 Å². The number of carbonyl (C=O) groups excluding carboxylic acids is 1. The van der Waals surface area contributed by atoms with Gasteiger partial charge in [0.2, 0.25) is 0 Å². The van der Waals surface area contributed by atoms with Gasteiger partial charge in [0, 0.05) is 24.7 Å². The van der Waals surface area contributed by atoms with E-state index in [0.29, 0.717) is 36.3 Å². The Hall–Kier alpha value is -1.70. The standard InChI is InChI=1S/C18H28N4O3S/c1-3-22(15-9-10-26(24,25)12-15)18(23)16-11-17(20-13(2)19-16)21-14-7-5-4-6-8-14/h11,14-15H,3-10,12H2,1-2H3,(H,19,20,21). The van der Waals surface area contributed by atoms with Gasteiger partial charge in [-0.15, -0.1) is 0 Å². The van der Waals surface area contributed by atoms with Gasteiger partial charge in [0.05, 0.1) is 11.5 Å². The molecule has 0 bridgehead atoms. The second kappa shape index (κ2) is 7.90. The van der Waals surface area contributed by atoms with E-state index in [2.05, 4.69) is 15.3 Å². The van der Waals surface area contributed by atoms with Crippen molar-refractivity contribution in [2.75, 3.05) is 23.4 Å².